The van der Waals surface area contributed by atoms with Gasteiger partial charge in [-0.05, 0) is 24.7 Å². The van der Waals surface area contributed by atoms with Crippen LogP contribution in [-0.4, -0.2) is 11.1 Å². The molecular formula is C10H18O2. The van der Waals surface area contributed by atoms with Crippen LogP contribution in [0.1, 0.15) is 45.4 Å². The maximum Gasteiger partial charge on any atom is 0.303 e. The fourth-order valence-electron chi connectivity index (χ4n) is 2.14. The molecule has 0 heterocycles. The topological polar surface area (TPSA) is 37.3 Å². The minimum absolute atomic E-state index is 0.362. The highest BCUT2D eigenvalue weighted by Crippen LogP contribution is 2.35. The molecule has 2 atom stereocenters. The van der Waals surface area contributed by atoms with Crippen molar-refractivity contribution in [1.29, 1.82) is 0 Å². The van der Waals surface area contributed by atoms with Gasteiger partial charge in [-0.1, -0.05) is 26.2 Å². The molecule has 1 N–H and O–H groups in total. The number of carbonyl (C=O) groups is 1. The molecule has 0 unspecified atom stereocenters. The van der Waals surface area contributed by atoms with Crippen molar-refractivity contribution in [3.8, 4) is 0 Å². The van der Waals surface area contributed by atoms with E-state index in [-0.39, 0.29) is 0 Å². The van der Waals surface area contributed by atoms with Gasteiger partial charge in [0, 0.05) is 6.42 Å². The van der Waals surface area contributed by atoms with E-state index in [2.05, 4.69) is 6.92 Å². The Balaban J connectivity index is 2.15. The van der Waals surface area contributed by atoms with Crippen molar-refractivity contribution in [3.05, 3.63) is 0 Å². The summed E-state index contributed by atoms with van der Waals surface area (Å²) in [6.07, 6.45) is 6.37. The summed E-state index contributed by atoms with van der Waals surface area (Å²) in [5.74, 6) is 0.935. The van der Waals surface area contributed by atoms with E-state index in [0.29, 0.717) is 12.3 Å². The molecule has 0 aliphatic heterocycles. The molecule has 1 rings (SSSR count). The van der Waals surface area contributed by atoms with Crippen molar-refractivity contribution in [2.45, 2.75) is 45.4 Å². The summed E-state index contributed by atoms with van der Waals surface area (Å²) in [6, 6.07) is 0. The van der Waals surface area contributed by atoms with E-state index >= 15 is 0 Å². The molecule has 1 aliphatic carbocycles. The Morgan fingerprint density at radius 1 is 1.42 bits per heavy atom. The Morgan fingerprint density at radius 2 is 2.08 bits per heavy atom. The molecule has 0 spiro atoms. The van der Waals surface area contributed by atoms with Crippen molar-refractivity contribution in [3.63, 3.8) is 0 Å². The zero-order valence-electron chi connectivity index (χ0n) is 7.75. The van der Waals surface area contributed by atoms with Crippen LogP contribution in [0.3, 0.4) is 0 Å². The van der Waals surface area contributed by atoms with Crippen LogP contribution >= 0.6 is 0 Å². The summed E-state index contributed by atoms with van der Waals surface area (Å²) in [5.41, 5.74) is 0. The van der Waals surface area contributed by atoms with Gasteiger partial charge in [-0.25, -0.2) is 0 Å². The van der Waals surface area contributed by atoms with Crippen LogP contribution in [0.15, 0.2) is 0 Å². The van der Waals surface area contributed by atoms with Crippen molar-refractivity contribution in [1.82, 2.24) is 0 Å². The van der Waals surface area contributed by atoms with Gasteiger partial charge in [-0.15, -0.1) is 0 Å². The van der Waals surface area contributed by atoms with E-state index in [1.54, 1.807) is 0 Å². The van der Waals surface area contributed by atoms with Gasteiger partial charge in [0.15, 0.2) is 0 Å². The normalized spacial score (nSPS) is 29.1. The SMILES string of the molecule is CC[C@@H]1CC[C@@H](CCC(=O)O)C1. The molecular weight excluding hydrogens is 152 g/mol. The standard InChI is InChI=1S/C10H18O2/c1-2-8-3-4-9(7-8)5-6-10(11)12/h8-9H,2-7H2,1H3,(H,11,12)/t8-,9+/m1/s1. The largest absolute Gasteiger partial charge is 0.481 e. The molecule has 0 bridgehead atoms. The highest BCUT2D eigenvalue weighted by atomic mass is 16.4. The highest BCUT2D eigenvalue weighted by Gasteiger charge is 2.23. The van der Waals surface area contributed by atoms with Gasteiger partial charge < -0.3 is 5.11 Å². The van der Waals surface area contributed by atoms with E-state index in [1.807, 2.05) is 0 Å². The zero-order chi connectivity index (χ0) is 8.97. The van der Waals surface area contributed by atoms with Crippen LogP contribution in [0.5, 0.6) is 0 Å². The molecule has 2 nitrogen and oxygen atoms in total. The third-order valence-electron chi connectivity index (χ3n) is 2.99. The number of hydrogen-bond donors (Lipinski definition) is 1. The lowest BCUT2D eigenvalue weighted by Gasteiger charge is -2.07. The molecule has 0 aromatic rings. The molecule has 2 heteroatoms. The second kappa shape index (κ2) is 4.48. The van der Waals surface area contributed by atoms with Crippen molar-refractivity contribution < 1.29 is 9.90 Å². The fourth-order valence-corrected chi connectivity index (χ4v) is 2.14. The second-order valence-electron chi connectivity index (χ2n) is 3.89. The van der Waals surface area contributed by atoms with Gasteiger partial charge in [0.25, 0.3) is 0 Å². The number of carboxylic acids is 1. The number of rotatable bonds is 4. The summed E-state index contributed by atoms with van der Waals surface area (Å²) in [5, 5.41) is 8.50. The van der Waals surface area contributed by atoms with Gasteiger partial charge in [0.05, 0.1) is 0 Å². The van der Waals surface area contributed by atoms with E-state index in [1.165, 1.54) is 25.7 Å². The third kappa shape index (κ3) is 2.84. The predicted octanol–water partition coefficient (Wildman–Crippen LogP) is 2.68. The van der Waals surface area contributed by atoms with Crippen LogP contribution < -0.4 is 0 Å². The van der Waals surface area contributed by atoms with E-state index < -0.39 is 5.97 Å². The maximum absolute atomic E-state index is 10.3. The lowest BCUT2D eigenvalue weighted by Crippen LogP contribution is -2.01. The predicted molar refractivity (Wildman–Crippen MR) is 48.0 cm³/mol. The Hall–Kier alpha value is -0.530. The molecule has 0 aromatic heterocycles. The first kappa shape index (κ1) is 9.56. The van der Waals surface area contributed by atoms with Crippen LogP contribution in [-0.2, 0) is 4.79 Å². The zero-order valence-corrected chi connectivity index (χ0v) is 7.75. The van der Waals surface area contributed by atoms with Gasteiger partial charge in [0.1, 0.15) is 0 Å². The molecule has 0 saturated heterocycles. The number of aliphatic carboxylic acids is 1. The summed E-state index contributed by atoms with van der Waals surface area (Å²) in [6.45, 7) is 2.23. The van der Waals surface area contributed by atoms with Crippen molar-refractivity contribution in [2.75, 3.05) is 0 Å². The van der Waals surface area contributed by atoms with Gasteiger partial charge in [-0.2, -0.15) is 0 Å². The monoisotopic (exact) mass is 170 g/mol. The number of carboxylic acid groups (broad SMARTS) is 1. The first-order valence-electron chi connectivity index (χ1n) is 4.94. The third-order valence-corrected chi connectivity index (χ3v) is 2.99. The molecule has 70 valence electrons. The Kier molecular flexibility index (Phi) is 3.57. The van der Waals surface area contributed by atoms with E-state index in [0.717, 1.165) is 12.3 Å². The maximum atomic E-state index is 10.3. The van der Waals surface area contributed by atoms with Crippen molar-refractivity contribution >= 4 is 5.97 Å². The fraction of sp³-hybridized carbons (Fsp3) is 0.900. The summed E-state index contributed by atoms with van der Waals surface area (Å²) < 4.78 is 0. The first-order chi connectivity index (χ1) is 5.72. The molecule has 1 fully saturated rings. The van der Waals surface area contributed by atoms with Crippen LogP contribution in [0.4, 0.5) is 0 Å². The van der Waals surface area contributed by atoms with Gasteiger partial charge in [0.2, 0.25) is 0 Å². The van der Waals surface area contributed by atoms with Crippen LogP contribution in [0.25, 0.3) is 0 Å². The molecule has 1 saturated carbocycles. The quantitative estimate of drug-likeness (QED) is 0.704. The van der Waals surface area contributed by atoms with E-state index in [4.69, 9.17) is 5.11 Å². The first-order valence-corrected chi connectivity index (χ1v) is 4.94. The van der Waals surface area contributed by atoms with Gasteiger partial charge >= 0.3 is 5.97 Å². The lowest BCUT2D eigenvalue weighted by molar-refractivity contribution is -0.137. The van der Waals surface area contributed by atoms with Crippen LogP contribution in [0, 0.1) is 11.8 Å². The minimum Gasteiger partial charge on any atom is -0.481 e. The second-order valence-corrected chi connectivity index (χ2v) is 3.89. The summed E-state index contributed by atoms with van der Waals surface area (Å²) in [4.78, 5) is 10.3. The summed E-state index contributed by atoms with van der Waals surface area (Å²) in [7, 11) is 0. The molecule has 12 heavy (non-hydrogen) atoms. The average molecular weight is 170 g/mol. The van der Waals surface area contributed by atoms with Crippen LogP contribution in [0.2, 0.25) is 0 Å². The average Bonchev–Trinajstić information content (AvgIpc) is 2.48. The molecule has 0 amide bonds. The Morgan fingerprint density at radius 3 is 2.58 bits per heavy atom. The molecule has 1 aliphatic rings. The lowest BCUT2D eigenvalue weighted by atomic mass is 9.99. The Bertz CT molecular complexity index is 154. The smallest absolute Gasteiger partial charge is 0.303 e. The molecule has 0 aromatic carbocycles. The highest BCUT2D eigenvalue weighted by molar-refractivity contribution is 5.66. The minimum atomic E-state index is -0.644. The Labute approximate surface area is 74.0 Å². The number of hydrogen-bond acceptors (Lipinski definition) is 1. The van der Waals surface area contributed by atoms with E-state index in [9.17, 15) is 4.79 Å². The van der Waals surface area contributed by atoms with Crippen molar-refractivity contribution in [2.24, 2.45) is 11.8 Å². The van der Waals surface area contributed by atoms with Gasteiger partial charge in [-0.3, -0.25) is 4.79 Å². The molecule has 0 radical (unpaired) electrons. The summed E-state index contributed by atoms with van der Waals surface area (Å²) >= 11 is 0.